The van der Waals surface area contributed by atoms with Crippen LogP contribution in [0.1, 0.15) is 34.1 Å². The Morgan fingerprint density at radius 1 is 0.854 bits per heavy atom. The molecule has 1 unspecified atom stereocenters. The third-order valence-corrected chi connectivity index (χ3v) is 7.24. The molecule has 0 aliphatic carbocycles. The van der Waals surface area contributed by atoms with Gasteiger partial charge in [-0.05, 0) is 74.4 Å². The summed E-state index contributed by atoms with van der Waals surface area (Å²) in [6.45, 7) is 6.03. The molecule has 0 aliphatic rings. The lowest BCUT2D eigenvalue weighted by atomic mass is 10.0. The number of carbonyl (C=O) groups is 2. The van der Waals surface area contributed by atoms with Gasteiger partial charge in [-0.1, -0.05) is 53.7 Å². The van der Waals surface area contributed by atoms with Crippen LogP contribution in [0.5, 0.6) is 11.5 Å². The molecule has 0 bridgehead atoms. The molecular formula is C32H34N4O4S. The van der Waals surface area contributed by atoms with Crippen molar-refractivity contribution in [3.63, 3.8) is 0 Å². The largest absolute Gasteiger partial charge is 0.497 e. The second kappa shape index (κ2) is 13.8. The first kappa shape index (κ1) is 29.6. The maximum absolute atomic E-state index is 14.0. The Bertz CT molecular complexity index is 1470. The summed E-state index contributed by atoms with van der Waals surface area (Å²) < 4.78 is 10.7. The number of nitrogens with zero attached hydrogens (tertiary/aromatic N) is 3. The van der Waals surface area contributed by atoms with Gasteiger partial charge in [0.05, 0.1) is 20.0 Å². The van der Waals surface area contributed by atoms with Crippen LogP contribution in [0.4, 0.5) is 5.69 Å². The molecule has 1 N–H and O–H groups in total. The van der Waals surface area contributed by atoms with E-state index in [9.17, 15) is 9.59 Å². The number of hydrogen-bond acceptors (Lipinski definition) is 7. The van der Waals surface area contributed by atoms with Crippen LogP contribution >= 0.6 is 11.8 Å². The van der Waals surface area contributed by atoms with E-state index < -0.39 is 6.04 Å². The van der Waals surface area contributed by atoms with Crippen molar-refractivity contribution in [2.75, 3.05) is 25.3 Å². The van der Waals surface area contributed by atoms with Gasteiger partial charge in [-0.2, -0.15) is 0 Å². The second-order valence-corrected chi connectivity index (χ2v) is 10.6. The number of aromatic nitrogens is 2. The van der Waals surface area contributed by atoms with E-state index >= 15 is 0 Å². The smallest absolute Gasteiger partial charge is 0.251 e. The molecule has 3 aromatic carbocycles. The Kier molecular flexibility index (Phi) is 9.97. The summed E-state index contributed by atoms with van der Waals surface area (Å²) in [5, 5.41) is 3.51. The van der Waals surface area contributed by atoms with Gasteiger partial charge >= 0.3 is 0 Å². The number of amides is 2. The molecule has 4 rings (SSSR count). The molecule has 0 spiro atoms. The molecule has 212 valence electrons. The average Bonchev–Trinajstić information content (AvgIpc) is 2.96. The van der Waals surface area contributed by atoms with Gasteiger partial charge in [0.2, 0.25) is 5.91 Å². The zero-order valence-electron chi connectivity index (χ0n) is 23.9. The van der Waals surface area contributed by atoms with Crippen LogP contribution < -0.4 is 14.8 Å². The zero-order valence-corrected chi connectivity index (χ0v) is 24.7. The molecule has 1 aromatic heterocycles. The topological polar surface area (TPSA) is 93.7 Å². The summed E-state index contributed by atoms with van der Waals surface area (Å²) in [7, 11) is 3.16. The molecule has 0 aliphatic heterocycles. The van der Waals surface area contributed by atoms with Crippen molar-refractivity contribution in [3.05, 3.63) is 107 Å². The summed E-state index contributed by atoms with van der Waals surface area (Å²) in [6, 6.07) is 23.2. The van der Waals surface area contributed by atoms with Gasteiger partial charge in [0.25, 0.3) is 5.91 Å². The number of nitrogens with one attached hydrogen (secondary N) is 1. The standard InChI is InChI=1S/C32H34N4O4S/c1-21-9-11-24(12-10-21)19-36(29(37)20-41-32-33-22(2)17-23(3)34-32)30(25-7-6-8-28(18-25)40-5)31(38)35-26-13-15-27(39-4)16-14-26/h6-18,30H,19-20H2,1-5H3,(H,35,38). The highest BCUT2D eigenvalue weighted by molar-refractivity contribution is 7.99. The first-order valence-electron chi connectivity index (χ1n) is 13.1. The first-order valence-corrected chi connectivity index (χ1v) is 14.1. The van der Waals surface area contributed by atoms with Gasteiger partial charge in [-0.15, -0.1) is 0 Å². The molecule has 1 heterocycles. The number of hydrogen-bond donors (Lipinski definition) is 1. The third-order valence-electron chi connectivity index (χ3n) is 6.41. The Morgan fingerprint density at radius 3 is 2.15 bits per heavy atom. The number of carbonyl (C=O) groups excluding carboxylic acids is 2. The maximum Gasteiger partial charge on any atom is 0.251 e. The molecular weight excluding hydrogens is 536 g/mol. The van der Waals surface area contributed by atoms with E-state index in [0.29, 0.717) is 27.9 Å². The first-order chi connectivity index (χ1) is 19.7. The highest BCUT2D eigenvalue weighted by Gasteiger charge is 2.32. The Balaban J connectivity index is 1.71. The highest BCUT2D eigenvalue weighted by atomic mass is 32.2. The van der Waals surface area contributed by atoms with Crippen LogP contribution in [0.25, 0.3) is 0 Å². The molecule has 0 saturated heterocycles. The summed E-state index contributed by atoms with van der Waals surface area (Å²) in [5.41, 5.74) is 4.89. The summed E-state index contributed by atoms with van der Waals surface area (Å²) >= 11 is 1.25. The zero-order chi connectivity index (χ0) is 29.4. The van der Waals surface area contributed by atoms with Crippen molar-refractivity contribution in [3.8, 4) is 11.5 Å². The highest BCUT2D eigenvalue weighted by Crippen LogP contribution is 2.30. The number of anilines is 1. The monoisotopic (exact) mass is 570 g/mol. The van der Waals surface area contributed by atoms with Gasteiger partial charge in [0.1, 0.15) is 17.5 Å². The number of ether oxygens (including phenoxy) is 2. The van der Waals surface area contributed by atoms with Crippen LogP contribution in [-0.4, -0.2) is 46.7 Å². The van der Waals surface area contributed by atoms with E-state index in [1.807, 2.05) is 63.2 Å². The fourth-order valence-corrected chi connectivity index (χ4v) is 5.19. The normalized spacial score (nSPS) is 11.4. The lowest BCUT2D eigenvalue weighted by Crippen LogP contribution is -2.41. The predicted octanol–water partition coefficient (Wildman–Crippen LogP) is 5.92. The van der Waals surface area contributed by atoms with Gasteiger partial charge in [0.15, 0.2) is 5.16 Å². The van der Waals surface area contributed by atoms with Crippen LogP contribution in [0.2, 0.25) is 0 Å². The van der Waals surface area contributed by atoms with Crippen molar-refractivity contribution in [2.45, 2.75) is 38.5 Å². The van der Waals surface area contributed by atoms with Crippen molar-refractivity contribution in [2.24, 2.45) is 0 Å². The van der Waals surface area contributed by atoms with Crippen LogP contribution in [0.15, 0.2) is 84.0 Å². The molecule has 4 aromatic rings. The van der Waals surface area contributed by atoms with E-state index in [2.05, 4.69) is 15.3 Å². The van der Waals surface area contributed by atoms with E-state index in [-0.39, 0.29) is 24.1 Å². The number of benzene rings is 3. The maximum atomic E-state index is 14.0. The molecule has 41 heavy (non-hydrogen) atoms. The van der Waals surface area contributed by atoms with E-state index in [0.717, 1.165) is 22.5 Å². The van der Waals surface area contributed by atoms with Crippen molar-refractivity contribution >= 4 is 29.3 Å². The third kappa shape index (κ3) is 8.08. The van der Waals surface area contributed by atoms with Gasteiger partial charge in [0, 0.05) is 23.6 Å². The van der Waals surface area contributed by atoms with Gasteiger partial charge in [-0.3, -0.25) is 9.59 Å². The van der Waals surface area contributed by atoms with Crippen LogP contribution in [-0.2, 0) is 16.1 Å². The summed E-state index contributed by atoms with van der Waals surface area (Å²) in [5.74, 6) is 0.748. The SMILES string of the molecule is COc1ccc(NC(=O)C(c2cccc(OC)c2)N(Cc2ccc(C)cc2)C(=O)CSc2nc(C)cc(C)n2)cc1. The molecule has 0 saturated carbocycles. The Hall–Kier alpha value is -4.37. The van der Waals surface area contributed by atoms with E-state index in [1.54, 1.807) is 55.5 Å². The van der Waals surface area contributed by atoms with Gasteiger partial charge < -0.3 is 19.7 Å². The van der Waals surface area contributed by atoms with E-state index in [1.165, 1.54) is 11.8 Å². The van der Waals surface area contributed by atoms with E-state index in [4.69, 9.17) is 9.47 Å². The van der Waals surface area contributed by atoms with Crippen molar-refractivity contribution < 1.29 is 19.1 Å². The van der Waals surface area contributed by atoms with Gasteiger partial charge in [-0.25, -0.2) is 9.97 Å². The minimum atomic E-state index is -0.943. The number of aryl methyl sites for hydroxylation is 3. The van der Waals surface area contributed by atoms with Crippen molar-refractivity contribution in [1.82, 2.24) is 14.9 Å². The van der Waals surface area contributed by atoms with Crippen LogP contribution in [0, 0.1) is 20.8 Å². The summed E-state index contributed by atoms with van der Waals surface area (Å²) in [6.07, 6.45) is 0. The lowest BCUT2D eigenvalue weighted by Gasteiger charge is -2.32. The summed E-state index contributed by atoms with van der Waals surface area (Å²) in [4.78, 5) is 38.5. The quantitative estimate of drug-likeness (QED) is 0.177. The minimum absolute atomic E-state index is 0.0606. The molecule has 1 atom stereocenters. The fourth-order valence-electron chi connectivity index (χ4n) is 4.35. The van der Waals surface area contributed by atoms with Crippen molar-refractivity contribution in [1.29, 1.82) is 0 Å². The lowest BCUT2D eigenvalue weighted by molar-refractivity contribution is -0.137. The van der Waals surface area contributed by atoms with Crippen LogP contribution in [0.3, 0.4) is 0 Å². The average molecular weight is 571 g/mol. The minimum Gasteiger partial charge on any atom is -0.497 e. The fraction of sp³-hybridized carbons (Fsp3) is 0.250. The molecule has 2 amide bonds. The molecule has 9 heteroatoms. The number of rotatable bonds is 11. The second-order valence-electron chi connectivity index (χ2n) is 9.63. The molecule has 8 nitrogen and oxygen atoms in total. The Morgan fingerprint density at radius 2 is 1.51 bits per heavy atom. The molecule has 0 fully saturated rings. The Labute approximate surface area is 245 Å². The molecule has 0 radical (unpaired) electrons. The number of methoxy groups -OCH3 is 2. The number of thioether (sulfide) groups is 1. The predicted molar refractivity (Wildman–Crippen MR) is 161 cm³/mol.